The van der Waals surface area contributed by atoms with E-state index in [1.165, 1.54) is 30.6 Å². The van der Waals surface area contributed by atoms with E-state index in [1.54, 1.807) is 7.05 Å². The number of urea groups is 1. The van der Waals surface area contributed by atoms with Crippen LogP contribution in [-0.4, -0.2) is 13.1 Å². The van der Waals surface area contributed by atoms with Gasteiger partial charge in [0.2, 0.25) is 0 Å². The summed E-state index contributed by atoms with van der Waals surface area (Å²) < 4.78 is 0. The van der Waals surface area contributed by atoms with E-state index in [2.05, 4.69) is 16.7 Å². The summed E-state index contributed by atoms with van der Waals surface area (Å²) in [6, 6.07) is 1.96. The van der Waals surface area contributed by atoms with Crippen LogP contribution >= 0.6 is 11.3 Å². The van der Waals surface area contributed by atoms with Crippen LogP contribution in [0, 0.1) is 11.3 Å². The van der Waals surface area contributed by atoms with E-state index in [-0.39, 0.29) is 6.03 Å². The SMILES string of the molecule is CNC(=O)Nc1scc(C2CCCCC2)c1C#N. The minimum absolute atomic E-state index is 0.274. The highest BCUT2D eigenvalue weighted by Crippen LogP contribution is 2.39. The monoisotopic (exact) mass is 263 g/mol. The summed E-state index contributed by atoms with van der Waals surface area (Å²) in [5, 5.41) is 17.2. The number of nitriles is 1. The van der Waals surface area contributed by atoms with Crippen molar-refractivity contribution in [3.8, 4) is 6.07 Å². The number of carbonyl (C=O) groups is 1. The van der Waals surface area contributed by atoms with Crippen LogP contribution in [0.15, 0.2) is 5.38 Å². The molecule has 0 unspecified atom stereocenters. The van der Waals surface area contributed by atoms with Gasteiger partial charge in [-0.15, -0.1) is 11.3 Å². The Balaban J connectivity index is 2.21. The molecule has 2 rings (SSSR count). The Labute approximate surface area is 111 Å². The standard InChI is InChI=1S/C13H17N3OS/c1-15-13(17)16-12-10(7-14)11(8-18-12)9-5-3-2-4-6-9/h8-9H,2-6H2,1H3,(H2,15,16,17). The van der Waals surface area contributed by atoms with Gasteiger partial charge in [-0.3, -0.25) is 5.32 Å². The molecule has 0 spiro atoms. The number of hydrogen-bond donors (Lipinski definition) is 2. The predicted molar refractivity (Wildman–Crippen MR) is 72.9 cm³/mol. The van der Waals surface area contributed by atoms with Crippen LogP contribution in [0.5, 0.6) is 0 Å². The quantitative estimate of drug-likeness (QED) is 0.858. The van der Waals surface area contributed by atoms with Gasteiger partial charge in [0.05, 0.1) is 5.56 Å². The highest BCUT2D eigenvalue weighted by molar-refractivity contribution is 7.14. The lowest BCUT2D eigenvalue weighted by atomic mass is 9.84. The normalized spacial score (nSPS) is 16.0. The van der Waals surface area contributed by atoms with Crippen molar-refractivity contribution in [2.75, 3.05) is 12.4 Å². The molecule has 2 N–H and O–H groups in total. The number of thiophene rings is 1. The van der Waals surface area contributed by atoms with Gasteiger partial charge in [-0.2, -0.15) is 5.26 Å². The van der Waals surface area contributed by atoms with E-state index in [1.807, 2.05) is 5.38 Å². The Morgan fingerprint density at radius 1 is 1.44 bits per heavy atom. The number of nitrogens with zero attached hydrogens (tertiary/aromatic N) is 1. The predicted octanol–water partition coefficient (Wildman–Crippen LogP) is 3.42. The van der Waals surface area contributed by atoms with Crippen LogP contribution in [0.25, 0.3) is 0 Å². The summed E-state index contributed by atoms with van der Waals surface area (Å²) in [5.41, 5.74) is 1.77. The second-order valence-corrected chi connectivity index (χ2v) is 5.43. The molecule has 1 fully saturated rings. The molecule has 1 aliphatic carbocycles. The summed E-state index contributed by atoms with van der Waals surface area (Å²) in [6.45, 7) is 0. The first kappa shape index (κ1) is 12.9. The highest BCUT2D eigenvalue weighted by atomic mass is 32.1. The summed E-state index contributed by atoms with van der Waals surface area (Å²) in [6.07, 6.45) is 6.09. The van der Waals surface area contributed by atoms with Crippen molar-refractivity contribution < 1.29 is 4.79 Å². The smallest absolute Gasteiger partial charge is 0.319 e. The lowest BCUT2D eigenvalue weighted by Gasteiger charge is -2.21. The van der Waals surface area contributed by atoms with E-state index in [9.17, 15) is 10.1 Å². The van der Waals surface area contributed by atoms with Crippen LogP contribution in [0.3, 0.4) is 0 Å². The number of hydrogen-bond acceptors (Lipinski definition) is 3. The average molecular weight is 263 g/mol. The van der Waals surface area contributed by atoms with Gasteiger partial charge >= 0.3 is 6.03 Å². The second-order valence-electron chi connectivity index (χ2n) is 4.55. The number of rotatable bonds is 2. The molecule has 5 heteroatoms. The molecular formula is C13H17N3OS. The summed E-state index contributed by atoms with van der Waals surface area (Å²) in [4.78, 5) is 11.3. The van der Waals surface area contributed by atoms with Crippen LogP contribution in [-0.2, 0) is 0 Å². The lowest BCUT2D eigenvalue weighted by molar-refractivity contribution is 0.254. The van der Waals surface area contributed by atoms with Crippen LogP contribution in [0.1, 0.15) is 49.1 Å². The van der Waals surface area contributed by atoms with Crippen molar-refractivity contribution >= 4 is 22.4 Å². The van der Waals surface area contributed by atoms with Crippen molar-refractivity contribution in [3.63, 3.8) is 0 Å². The first-order chi connectivity index (χ1) is 8.76. The molecule has 0 radical (unpaired) electrons. The molecule has 4 nitrogen and oxygen atoms in total. The van der Waals surface area contributed by atoms with Gasteiger partial charge in [0.25, 0.3) is 0 Å². The third-order valence-corrected chi connectivity index (χ3v) is 4.34. The minimum atomic E-state index is -0.274. The maximum atomic E-state index is 11.3. The van der Waals surface area contributed by atoms with Crippen LogP contribution in [0.4, 0.5) is 9.80 Å². The molecule has 0 bridgehead atoms. The third-order valence-electron chi connectivity index (χ3n) is 3.43. The van der Waals surface area contributed by atoms with Gasteiger partial charge in [0.15, 0.2) is 0 Å². The van der Waals surface area contributed by atoms with E-state index in [0.717, 1.165) is 18.4 Å². The maximum Gasteiger partial charge on any atom is 0.319 e. The molecule has 2 amide bonds. The number of amides is 2. The molecule has 0 saturated heterocycles. The van der Waals surface area contributed by atoms with Gasteiger partial charge in [-0.25, -0.2) is 4.79 Å². The summed E-state index contributed by atoms with van der Waals surface area (Å²) in [5.74, 6) is 0.491. The lowest BCUT2D eigenvalue weighted by Crippen LogP contribution is -2.24. The van der Waals surface area contributed by atoms with Gasteiger partial charge in [-0.1, -0.05) is 19.3 Å². The summed E-state index contributed by atoms with van der Waals surface area (Å²) in [7, 11) is 1.57. The molecule has 1 aromatic rings. The molecular weight excluding hydrogens is 246 g/mol. The van der Waals surface area contributed by atoms with Crippen molar-refractivity contribution in [1.29, 1.82) is 5.26 Å². The minimum Gasteiger partial charge on any atom is -0.341 e. The Morgan fingerprint density at radius 2 is 2.17 bits per heavy atom. The molecule has 1 saturated carbocycles. The Hall–Kier alpha value is -1.54. The third kappa shape index (κ3) is 2.65. The zero-order valence-electron chi connectivity index (χ0n) is 10.5. The van der Waals surface area contributed by atoms with Crippen molar-refractivity contribution in [1.82, 2.24) is 5.32 Å². The molecule has 0 aliphatic heterocycles. The van der Waals surface area contributed by atoms with Crippen molar-refractivity contribution in [2.24, 2.45) is 0 Å². The summed E-state index contributed by atoms with van der Waals surface area (Å²) >= 11 is 1.44. The van der Waals surface area contributed by atoms with Crippen LogP contribution < -0.4 is 10.6 Å². The van der Waals surface area contributed by atoms with E-state index in [4.69, 9.17) is 0 Å². The van der Waals surface area contributed by atoms with Crippen molar-refractivity contribution in [3.05, 3.63) is 16.5 Å². The molecule has 0 atom stereocenters. The van der Waals surface area contributed by atoms with Gasteiger partial charge in [0, 0.05) is 7.05 Å². The molecule has 1 heterocycles. The first-order valence-corrected chi connectivity index (χ1v) is 7.14. The largest absolute Gasteiger partial charge is 0.341 e. The Bertz CT molecular complexity index is 469. The van der Waals surface area contributed by atoms with E-state index in [0.29, 0.717) is 16.5 Å². The number of nitrogens with one attached hydrogen (secondary N) is 2. The molecule has 0 aromatic carbocycles. The Kier molecular flexibility index (Phi) is 4.21. The van der Waals surface area contributed by atoms with Gasteiger partial charge in [0.1, 0.15) is 11.1 Å². The fourth-order valence-corrected chi connectivity index (χ4v) is 3.45. The molecule has 1 aliphatic rings. The number of anilines is 1. The van der Waals surface area contributed by atoms with Gasteiger partial charge < -0.3 is 5.32 Å². The number of carbonyl (C=O) groups excluding carboxylic acids is 1. The molecule has 18 heavy (non-hydrogen) atoms. The van der Waals surface area contributed by atoms with Crippen molar-refractivity contribution in [2.45, 2.75) is 38.0 Å². The highest BCUT2D eigenvalue weighted by Gasteiger charge is 2.22. The molecule has 96 valence electrons. The zero-order chi connectivity index (χ0) is 13.0. The average Bonchev–Trinajstić information content (AvgIpc) is 2.82. The van der Waals surface area contributed by atoms with Crippen LogP contribution in [0.2, 0.25) is 0 Å². The first-order valence-electron chi connectivity index (χ1n) is 6.26. The fourth-order valence-electron chi connectivity index (χ4n) is 2.46. The Morgan fingerprint density at radius 3 is 2.78 bits per heavy atom. The van der Waals surface area contributed by atoms with Gasteiger partial charge in [-0.05, 0) is 29.7 Å². The van der Waals surface area contributed by atoms with E-state index >= 15 is 0 Å². The second kappa shape index (κ2) is 5.87. The topological polar surface area (TPSA) is 64.9 Å². The fraction of sp³-hybridized carbons (Fsp3) is 0.538. The molecule has 1 aromatic heterocycles. The maximum absolute atomic E-state index is 11.3. The van der Waals surface area contributed by atoms with E-state index < -0.39 is 0 Å². The zero-order valence-corrected chi connectivity index (χ0v) is 11.3.